The maximum absolute atomic E-state index is 12.4. The van der Waals surface area contributed by atoms with Crippen LogP contribution in [0.15, 0.2) is 35.8 Å². The molecule has 3 rings (SSSR count). The minimum atomic E-state index is -0.0188. The predicted octanol–water partition coefficient (Wildman–Crippen LogP) is 3.18. The van der Waals surface area contributed by atoms with Crippen LogP contribution in [0.2, 0.25) is 0 Å². The summed E-state index contributed by atoms with van der Waals surface area (Å²) in [7, 11) is 1.70. The topological polar surface area (TPSA) is 54.5 Å². The first-order valence-corrected chi connectivity index (χ1v) is 8.71. The lowest BCUT2D eigenvalue weighted by molar-refractivity contribution is 0.0793. The third kappa shape index (κ3) is 3.89. The van der Waals surface area contributed by atoms with E-state index < -0.39 is 0 Å². The summed E-state index contributed by atoms with van der Waals surface area (Å²) >= 11 is 1.67. The first-order valence-electron chi connectivity index (χ1n) is 7.83. The maximum Gasteiger partial charge on any atom is 0.254 e. The summed E-state index contributed by atoms with van der Waals surface area (Å²) in [6, 6.07) is 7.67. The summed E-state index contributed by atoms with van der Waals surface area (Å²) in [5, 5.41) is 5.31. The van der Waals surface area contributed by atoms with E-state index in [1.807, 2.05) is 22.4 Å². The molecule has 1 fully saturated rings. The van der Waals surface area contributed by atoms with Crippen LogP contribution in [-0.4, -0.2) is 42.5 Å². The van der Waals surface area contributed by atoms with Crippen LogP contribution < -0.4 is 5.32 Å². The summed E-state index contributed by atoms with van der Waals surface area (Å²) in [5.74, 6) is 0.795. The van der Waals surface area contributed by atoms with Crippen LogP contribution in [0.1, 0.15) is 34.2 Å². The van der Waals surface area contributed by atoms with E-state index in [0.717, 1.165) is 25.9 Å². The molecule has 0 spiro atoms. The van der Waals surface area contributed by atoms with Gasteiger partial charge in [-0.1, -0.05) is 6.07 Å². The molecule has 1 aliphatic heterocycles. The highest BCUT2D eigenvalue weighted by atomic mass is 32.1. The number of rotatable bonds is 6. The number of ether oxygens (including phenoxy) is 1. The van der Waals surface area contributed by atoms with Gasteiger partial charge >= 0.3 is 0 Å². The van der Waals surface area contributed by atoms with E-state index in [9.17, 15) is 4.79 Å². The number of aromatic nitrogens is 1. The summed E-state index contributed by atoms with van der Waals surface area (Å²) in [6.45, 7) is 2.33. The van der Waals surface area contributed by atoms with Crippen LogP contribution in [0.3, 0.4) is 0 Å². The number of hydrogen-bond donors (Lipinski definition) is 1. The van der Waals surface area contributed by atoms with Crippen molar-refractivity contribution in [2.45, 2.75) is 18.9 Å². The Labute approximate surface area is 140 Å². The van der Waals surface area contributed by atoms with Gasteiger partial charge in [0.2, 0.25) is 0 Å². The van der Waals surface area contributed by atoms with Crippen molar-refractivity contribution in [3.63, 3.8) is 0 Å². The molecule has 1 aliphatic rings. The molecule has 2 aromatic rings. The minimum Gasteiger partial charge on any atom is -0.374 e. The normalized spacial score (nSPS) is 15.6. The number of amides is 1. The van der Waals surface area contributed by atoms with E-state index in [0.29, 0.717) is 17.9 Å². The quantitative estimate of drug-likeness (QED) is 0.883. The van der Waals surface area contributed by atoms with Crippen molar-refractivity contribution in [2.24, 2.45) is 0 Å². The van der Waals surface area contributed by atoms with Crippen LogP contribution in [0.4, 0.5) is 5.82 Å². The van der Waals surface area contributed by atoms with Crippen LogP contribution in [0.25, 0.3) is 0 Å². The summed E-state index contributed by atoms with van der Waals surface area (Å²) < 4.78 is 5.52. The number of carbonyl (C=O) groups is 1. The standard InChI is InChI=1S/C17H21N3O2S/c1-22-14(15-5-4-10-23-15)12-19-16-11-13(6-7-18-16)17(21)20-8-2-3-9-20/h4-7,10-11,14H,2-3,8-9,12H2,1H3,(H,18,19). The molecule has 2 aromatic heterocycles. The monoisotopic (exact) mass is 331 g/mol. The highest BCUT2D eigenvalue weighted by molar-refractivity contribution is 7.10. The van der Waals surface area contributed by atoms with Crippen molar-refractivity contribution < 1.29 is 9.53 Å². The molecule has 3 heterocycles. The second-order valence-corrected chi connectivity index (χ2v) is 6.53. The number of nitrogens with zero attached hydrogens (tertiary/aromatic N) is 2. The van der Waals surface area contributed by atoms with Crippen molar-refractivity contribution in [2.75, 3.05) is 32.1 Å². The van der Waals surface area contributed by atoms with E-state index in [-0.39, 0.29) is 12.0 Å². The fraction of sp³-hybridized carbons (Fsp3) is 0.412. The Morgan fingerprint density at radius 2 is 2.26 bits per heavy atom. The maximum atomic E-state index is 12.4. The summed E-state index contributed by atoms with van der Waals surface area (Å²) in [6.07, 6.45) is 3.85. The highest BCUT2D eigenvalue weighted by Gasteiger charge is 2.20. The van der Waals surface area contributed by atoms with Gasteiger partial charge in [0, 0.05) is 43.4 Å². The Kier molecular flexibility index (Phi) is 5.25. The van der Waals surface area contributed by atoms with Gasteiger partial charge in [-0.3, -0.25) is 4.79 Å². The van der Waals surface area contributed by atoms with Gasteiger partial charge < -0.3 is 15.0 Å². The molecule has 1 atom stereocenters. The molecule has 0 saturated carbocycles. The molecular weight excluding hydrogens is 310 g/mol. The Morgan fingerprint density at radius 3 is 2.96 bits per heavy atom. The molecule has 0 bridgehead atoms. The lowest BCUT2D eigenvalue weighted by Gasteiger charge is -2.17. The molecule has 0 aromatic carbocycles. The van der Waals surface area contributed by atoms with Crippen LogP contribution in [0, 0.1) is 0 Å². The number of nitrogens with one attached hydrogen (secondary N) is 1. The van der Waals surface area contributed by atoms with Gasteiger partial charge in [-0.15, -0.1) is 11.3 Å². The van der Waals surface area contributed by atoms with Crippen molar-refractivity contribution >= 4 is 23.1 Å². The van der Waals surface area contributed by atoms with E-state index in [1.54, 1.807) is 30.7 Å². The van der Waals surface area contributed by atoms with Crippen molar-refractivity contribution in [1.29, 1.82) is 0 Å². The van der Waals surface area contributed by atoms with Crippen molar-refractivity contribution in [1.82, 2.24) is 9.88 Å². The zero-order valence-corrected chi connectivity index (χ0v) is 14.0. The summed E-state index contributed by atoms with van der Waals surface area (Å²) in [4.78, 5) is 19.8. The third-order valence-electron chi connectivity index (χ3n) is 4.01. The molecule has 1 unspecified atom stereocenters. The molecule has 6 heteroatoms. The van der Waals surface area contributed by atoms with Crippen molar-refractivity contribution in [3.05, 3.63) is 46.3 Å². The Hall–Kier alpha value is -1.92. The van der Waals surface area contributed by atoms with Crippen molar-refractivity contribution in [3.8, 4) is 0 Å². The van der Waals surface area contributed by atoms with E-state index in [4.69, 9.17) is 4.74 Å². The van der Waals surface area contributed by atoms with Crippen LogP contribution in [-0.2, 0) is 4.74 Å². The first-order chi connectivity index (χ1) is 11.3. The molecular formula is C17H21N3O2S. The molecule has 122 valence electrons. The average molecular weight is 331 g/mol. The van der Waals surface area contributed by atoms with Gasteiger partial charge in [0.15, 0.2) is 0 Å². The molecule has 1 amide bonds. The molecule has 1 N–H and O–H groups in total. The zero-order chi connectivity index (χ0) is 16.1. The van der Waals surface area contributed by atoms with Gasteiger partial charge in [-0.2, -0.15) is 0 Å². The number of carbonyl (C=O) groups excluding carboxylic acids is 1. The minimum absolute atomic E-state index is 0.0188. The van der Waals surface area contributed by atoms with E-state index >= 15 is 0 Å². The van der Waals surface area contributed by atoms with Crippen LogP contribution >= 0.6 is 11.3 Å². The van der Waals surface area contributed by atoms with Crippen LogP contribution in [0.5, 0.6) is 0 Å². The predicted molar refractivity (Wildman–Crippen MR) is 91.9 cm³/mol. The molecule has 23 heavy (non-hydrogen) atoms. The number of methoxy groups -OCH3 is 1. The van der Waals surface area contributed by atoms with Gasteiger partial charge in [0.1, 0.15) is 11.9 Å². The Bertz CT molecular complexity index is 639. The molecule has 1 saturated heterocycles. The number of thiophene rings is 1. The number of likely N-dealkylation sites (tertiary alicyclic amines) is 1. The fourth-order valence-electron chi connectivity index (χ4n) is 2.73. The number of anilines is 1. The van der Waals surface area contributed by atoms with Gasteiger partial charge in [0.05, 0.1) is 0 Å². The molecule has 0 aliphatic carbocycles. The first kappa shape index (κ1) is 16.0. The SMILES string of the molecule is COC(CNc1cc(C(=O)N2CCCC2)ccn1)c1cccs1. The fourth-order valence-corrected chi connectivity index (χ4v) is 3.54. The average Bonchev–Trinajstić information content (AvgIpc) is 3.29. The number of pyridine rings is 1. The second kappa shape index (κ2) is 7.57. The molecule has 5 nitrogen and oxygen atoms in total. The number of hydrogen-bond acceptors (Lipinski definition) is 5. The Balaban J connectivity index is 1.64. The second-order valence-electron chi connectivity index (χ2n) is 5.55. The van der Waals surface area contributed by atoms with Gasteiger partial charge in [0.25, 0.3) is 5.91 Å². The lowest BCUT2D eigenvalue weighted by Crippen LogP contribution is -2.27. The van der Waals surface area contributed by atoms with E-state index in [2.05, 4.69) is 16.4 Å². The zero-order valence-electron chi connectivity index (χ0n) is 13.2. The van der Waals surface area contributed by atoms with Gasteiger partial charge in [-0.25, -0.2) is 4.98 Å². The van der Waals surface area contributed by atoms with E-state index in [1.165, 1.54) is 4.88 Å². The highest BCUT2D eigenvalue weighted by Crippen LogP contribution is 2.22. The molecule has 0 radical (unpaired) electrons. The van der Waals surface area contributed by atoms with Gasteiger partial charge in [-0.05, 0) is 36.4 Å². The third-order valence-corrected chi connectivity index (χ3v) is 4.98. The smallest absolute Gasteiger partial charge is 0.254 e. The lowest BCUT2D eigenvalue weighted by atomic mass is 10.2. The summed E-state index contributed by atoms with van der Waals surface area (Å²) in [5.41, 5.74) is 0.689. The Morgan fingerprint density at radius 1 is 1.43 bits per heavy atom. The largest absolute Gasteiger partial charge is 0.374 e.